The van der Waals surface area contributed by atoms with Crippen LogP contribution in [0.5, 0.6) is 11.5 Å². The maximum absolute atomic E-state index is 10.9. The Morgan fingerprint density at radius 3 is 2.83 bits per heavy atom. The largest absolute Gasteiger partial charge is 0.486 e. The number of rotatable bonds is 6. The molecule has 0 aromatic heterocycles. The lowest BCUT2D eigenvalue weighted by Gasteiger charge is -2.18. The Bertz CT molecular complexity index is 423. The van der Waals surface area contributed by atoms with Gasteiger partial charge in [-0.05, 0) is 30.7 Å². The van der Waals surface area contributed by atoms with Crippen LogP contribution in [-0.4, -0.2) is 36.0 Å². The molecule has 100 valence electrons. The Kier molecular flexibility index (Phi) is 5.01. The molecule has 0 fully saturated rings. The van der Waals surface area contributed by atoms with E-state index < -0.39 is 10.8 Å². The van der Waals surface area contributed by atoms with Gasteiger partial charge in [0.1, 0.15) is 13.2 Å². The van der Waals surface area contributed by atoms with Crippen molar-refractivity contribution in [1.82, 2.24) is 5.32 Å². The predicted molar refractivity (Wildman–Crippen MR) is 72.7 cm³/mol. The second-order valence-corrected chi connectivity index (χ2v) is 5.84. The maximum atomic E-state index is 10.9. The summed E-state index contributed by atoms with van der Waals surface area (Å²) in [7, 11) is -0.692. The third-order valence-electron chi connectivity index (χ3n) is 2.72. The van der Waals surface area contributed by atoms with Crippen LogP contribution in [0.15, 0.2) is 18.2 Å². The summed E-state index contributed by atoms with van der Waals surface area (Å²) in [6.07, 6.45) is 2.68. The highest BCUT2D eigenvalue weighted by molar-refractivity contribution is 7.84. The van der Waals surface area contributed by atoms with Crippen LogP contribution < -0.4 is 14.8 Å². The molecule has 0 saturated carbocycles. The van der Waals surface area contributed by atoms with E-state index in [-0.39, 0.29) is 0 Å². The number of hydrogen-bond donors (Lipinski definition) is 1. The first kappa shape index (κ1) is 13.4. The molecule has 0 bridgehead atoms. The van der Waals surface area contributed by atoms with Crippen LogP contribution in [0.3, 0.4) is 0 Å². The van der Waals surface area contributed by atoms with Crippen LogP contribution in [0.4, 0.5) is 0 Å². The van der Waals surface area contributed by atoms with Crippen molar-refractivity contribution in [3.63, 3.8) is 0 Å². The van der Waals surface area contributed by atoms with E-state index in [1.54, 1.807) is 6.26 Å². The van der Waals surface area contributed by atoms with Crippen LogP contribution in [-0.2, 0) is 17.3 Å². The Hall–Kier alpha value is -1.07. The molecule has 2 rings (SSSR count). The van der Waals surface area contributed by atoms with Gasteiger partial charge in [-0.3, -0.25) is 4.21 Å². The first-order chi connectivity index (χ1) is 8.75. The van der Waals surface area contributed by atoms with Gasteiger partial charge in [-0.15, -0.1) is 0 Å². The fourth-order valence-corrected chi connectivity index (χ4v) is 2.38. The van der Waals surface area contributed by atoms with Crippen molar-refractivity contribution in [3.05, 3.63) is 23.8 Å². The quantitative estimate of drug-likeness (QED) is 0.791. The molecule has 1 aromatic rings. The second kappa shape index (κ2) is 6.75. The van der Waals surface area contributed by atoms with Crippen LogP contribution in [0, 0.1) is 0 Å². The molecule has 0 spiro atoms. The highest BCUT2D eigenvalue weighted by Gasteiger charge is 2.11. The van der Waals surface area contributed by atoms with Gasteiger partial charge in [0, 0.05) is 29.4 Å². The van der Waals surface area contributed by atoms with Crippen LogP contribution in [0.25, 0.3) is 0 Å². The van der Waals surface area contributed by atoms with Gasteiger partial charge in [0.15, 0.2) is 11.5 Å². The molecular formula is C13H19NO3S. The van der Waals surface area contributed by atoms with Crippen molar-refractivity contribution in [2.24, 2.45) is 0 Å². The Morgan fingerprint density at radius 2 is 2.06 bits per heavy atom. The number of benzene rings is 1. The standard InChI is InChI=1S/C13H19NO3S/c1-18(15)8-2-5-14-10-11-3-4-12-13(9-11)17-7-6-16-12/h3-4,9,14H,2,5-8,10H2,1H3. The minimum Gasteiger partial charge on any atom is -0.486 e. The van der Waals surface area contributed by atoms with Gasteiger partial charge >= 0.3 is 0 Å². The minimum absolute atomic E-state index is 0.617. The molecule has 1 unspecified atom stereocenters. The van der Waals surface area contributed by atoms with Gasteiger partial charge < -0.3 is 14.8 Å². The first-order valence-electron chi connectivity index (χ1n) is 6.15. The Balaban J connectivity index is 1.77. The summed E-state index contributed by atoms with van der Waals surface area (Å²) < 4.78 is 21.9. The van der Waals surface area contributed by atoms with E-state index in [1.807, 2.05) is 18.2 Å². The van der Waals surface area contributed by atoms with Gasteiger partial charge in [0.2, 0.25) is 0 Å². The normalized spacial score (nSPS) is 15.4. The van der Waals surface area contributed by atoms with Crippen molar-refractivity contribution >= 4 is 10.8 Å². The molecule has 0 amide bonds. The summed E-state index contributed by atoms with van der Waals surface area (Å²) >= 11 is 0. The van der Waals surface area contributed by atoms with Gasteiger partial charge in [0.25, 0.3) is 0 Å². The SMILES string of the molecule is CS(=O)CCCNCc1ccc2c(c1)OCCO2. The average Bonchev–Trinajstić information content (AvgIpc) is 2.38. The van der Waals surface area contributed by atoms with E-state index in [2.05, 4.69) is 5.32 Å². The molecule has 18 heavy (non-hydrogen) atoms. The van der Waals surface area contributed by atoms with E-state index in [9.17, 15) is 4.21 Å². The zero-order chi connectivity index (χ0) is 12.8. The van der Waals surface area contributed by atoms with Gasteiger partial charge in [0.05, 0.1) is 0 Å². The fraction of sp³-hybridized carbons (Fsp3) is 0.538. The molecular weight excluding hydrogens is 250 g/mol. The number of ether oxygens (including phenoxy) is 2. The zero-order valence-corrected chi connectivity index (χ0v) is 11.4. The fourth-order valence-electron chi connectivity index (χ4n) is 1.83. The lowest BCUT2D eigenvalue weighted by molar-refractivity contribution is 0.171. The van der Waals surface area contributed by atoms with Crippen molar-refractivity contribution in [2.75, 3.05) is 31.8 Å². The summed E-state index contributed by atoms with van der Waals surface area (Å²) in [5.41, 5.74) is 1.18. The lowest BCUT2D eigenvalue weighted by atomic mass is 10.2. The Labute approximate surface area is 110 Å². The van der Waals surface area contributed by atoms with E-state index >= 15 is 0 Å². The molecule has 0 aliphatic carbocycles. The molecule has 0 saturated heterocycles. The summed E-state index contributed by atoms with van der Waals surface area (Å²) in [4.78, 5) is 0. The van der Waals surface area contributed by atoms with E-state index in [4.69, 9.17) is 9.47 Å². The lowest BCUT2D eigenvalue weighted by Crippen LogP contribution is -2.18. The van der Waals surface area contributed by atoms with Gasteiger partial charge in [-0.25, -0.2) is 0 Å². The predicted octanol–water partition coefficient (Wildman–Crippen LogP) is 1.32. The van der Waals surface area contributed by atoms with Crippen molar-refractivity contribution < 1.29 is 13.7 Å². The summed E-state index contributed by atoms with van der Waals surface area (Å²) in [5, 5.41) is 3.33. The number of fused-ring (bicyclic) bond motifs is 1. The third-order valence-corrected chi connectivity index (χ3v) is 3.58. The Morgan fingerprint density at radius 1 is 1.28 bits per heavy atom. The van der Waals surface area contributed by atoms with Gasteiger partial charge in [-0.1, -0.05) is 6.07 Å². The van der Waals surface area contributed by atoms with Crippen molar-refractivity contribution in [2.45, 2.75) is 13.0 Å². The summed E-state index contributed by atoms with van der Waals surface area (Å²) in [5.74, 6) is 2.41. The van der Waals surface area contributed by atoms with E-state index in [1.165, 1.54) is 5.56 Å². The van der Waals surface area contributed by atoms with E-state index in [0.29, 0.717) is 13.2 Å². The third kappa shape index (κ3) is 3.99. The second-order valence-electron chi connectivity index (χ2n) is 4.29. The molecule has 1 heterocycles. The molecule has 1 aromatic carbocycles. The highest BCUT2D eigenvalue weighted by Crippen LogP contribution is 2.30. The number of nitrogens with one attached hydrogen (secondary N) is 1. The van der Waals surface area contributed by atoms with E-state index in [0.717, 1.165) is 36.8 Å². The maximum Gasteiger partial charge on any atom is 0.161 e. The number of hydrogen-bond acceptors (Lipinski definition) is 4. The van der Waals surface area contributed by atoms with Crippen molar-refractivity contribution in [1.29, 1.82) is 0 Å². The smallest absolute Gasteiger partial charge is 0.161 e. The zero-order valence-electron chi connectivity index (χ0n) is 10.6. The highest BCUT2D eigenvalue weighted by atomic mass is 32.2. The molecule has 1 N–H and O–H groups in total. The average molecular weight is 269 g/mol. The molecule has 1 atom stereocenters. The van der Waals surface area contributed by atoms with Crippen LogP contribution in [0.1, 0.15) is 12.0 Å². The summed E-state index contributed by atoms with van der Waals surface area (Å²) in [6, 6.07) is 6.00. The monoisotopic (exact) mass is 269 g/mol. The summed E-state index contributed by atoms with van der Waals surface area (Å²) in [6.45, 7) is 2.92. The molecule has 5 heteroatoms. The van der Waals surface area contributed by atoms with Crippen LogP contribution >= 0.6 is 0 Å². The van der Waals surface area contributed by atoms with Crippen LogP contribution in [0.2, 0.25) is 0 Å². The van der Waals surface area contributed by atoms with Crippen molar-refractivity contribution in [3.8, 4) is 11.5 Å². The minimum atomic E-state index is -0.692. The molecule has 1 aliphatic rings. The first-order valence-corrected chi connectivity index (χ1v) is 7.88. The topological polar surface area (TPSA) is 47.6 Å². The van der Waals surface area contributed by atoms with Gasteiger partial charge in [-0.2, -0.15) is 0 Å². The molecule has 4 nitrogen and oxygen atoms in total. The molecule has 0 radical (unpaired) electrons. The molecule has 1 aliphatic heterocycles.